The van der Waals surface area contributed by atoms with Crippen LogP contribution in [-0.2, 0) is 0 Å². The Morgan fingerprint density at radius 3 is 1.71 bits per heavy atom. The number of rotatable bonds is 4. The summed E-state index contributed by atoms with van der Waals surface area (Å²) < 4.78 is 0. The Hall–Kier alpha value is -0.0400. The van der Waals surface area contributed by atoms with Gasteiger partial charge in [-0.1, -0.05) is 75.2 Å². The van der Waals surface area contributed by atoms with E-state index >= 15 is 0 Å². The lowest BCUT2D eigenvalue weighted by atomic mass is 9.74. The molecule has 0 heterocycles. The van der Waals surface area contributed by atoms with Crippen LogP contribution in [0.2, 0.25) is 0 Å². The molecule has 0 aromatic heterocycles. The normalized spacial score (nSPS) is 25.3. The standard InChI is InChI=1S/C10H21N.C8H18.C2H6/c1-3-10-6-9(7-11)5-4-8(10)2;1-6(2)8(5)7(3)4;1-2/h8-10H,3-7,11H2,1-2H3;6-8H,1-5H3;1-2H3. The maximum atomic E-state index is 5.67. The van der Waals surface area contributed by atoms with Crippen LogP contribution in [0.25, 0.3) is 0 Å². The third-order valence-corrected chi connectivity index (χ3v) is 5.43. The zero-order valence-corrected chi connectivity index (χ0v) is 16.6. The van der Waals surface area contributed by atoms with E-state index in [4.69, 9.17) is 5.73 Å². The summed E-state index contributed by atoms with van der Waals surface area (Å²) in [7, 11) is 0. The van der Waals surface area contributed by atoms with Gasteiger partial charge in [0.2, 0.25) is 0 Å². The van der Waals surface area contributed by atoms with Crippen LogP contribution in [0.4, 0.5) is 0 Å². The van der Waals surface area contributed by atoms with E-state index in [1.54, 1.807) is 0 Å². The van der Waals surface area contributed by atoms with Crippen LogP contribution in [0.3, 0.4) is 0 Å². The molecular weight excluding hydrogens is 254 g/mol. The summed E-state index contributed by atoms with van der Waals surface area (Å²) >= 11 is 0. The third-order valence-electron chi connectivity index (χ3n) is 5.43. The first-order chi connectivity index (χ1) is 9.83. The predicted molar refractivity (Wildman–Crippen MR) is 99.5 cm³/mol. The minimum Gasteiger partial charge on any atom is -0.330 e. The molecule has 130 valence electrons. The fourth-order valence-electron chi connectivity index (χ4n) is 3.07. The Labute approximate surface area is 136 Å². The van der Waals surface area contributed by atoms with E-state index in [1.165, 1.54) is 25.7 Å². The first-order valence-corrected chi connectivity index (χ1v) is 9.53. The third kappa shape index (κ3) is 10.3. The molecule has 1 rings (SSSR count). The molecule has 1 aliphatic rings. The van der Waals surface area contributed by atoms with E-state index in [2.05, 4.69) is 48.5 Å². The monoisotopic (exact) mass is 299 g/mol. The summed E-state index contributed by atoms with van der Waals surface area (Å²) in [6.07, 6.45) is 5.50. The smallest absolute Gasteiger partial charge is 0.00488 e. The van der Waals surface area contributed by atoms with Crippen molar-refractivity contribution in [1.82, 2.24) is 0 Å². The zero-order valence-electron chi connectivity index (χ0n) is 16.6. The van der Waals surface area contributed by atoms with Crippen molar-refractivity contribution in [2.75, 3.05) is 6.54 Å². The molecule has 3 unspecified atom stereocenters. The van der Waals surface area contributed by atoms with E-state index in [0.717, 1.165) is 42.1 Å². The molecule has 1 saturated carbocycles. The first-order valence-electron chi connectivity index (χ1n) is 9.53. The van der Waals surface area contributed by atoms with Gasteiger partial charge in [-0.2, -0.15) is 0 Å². The van der Waals surface area contributed by atoms with Gasteiger partial charge in [0.1, 0.15) is 0 Å². The topological polar surface area (TPSA) is 26.0 Å². The zero-order chi connectivity index (χ0) is 17.0. The Balaban J connectivity index is 0. The Kier molecular flexibility index (Phi) is 15.1. The molecule has 1 aliphatic carbocycles. The van der Waals surface area contributed by atoms with Gasteiger partial charge in [0, 0.05) is 0 Å². The summed E-state index contributed by atoms with van der Waals surface area (Å²) in [6.45, 7) is 21.0. The average molecular weight is 300 g/mol. The molecule has 0 amide bonds. The lowest BCUT2D eigenvalue weighted by Gasteiger charge is -2.33. The second-order valence-corrected chi connectivity index (χ2v) is 7.41. The van der Waals surface area contributed by atoms with E-state index in [0.29, 0.717) is 0 Å². The lowest BCUT2D eigenvalue weighted by Crippen LogP contribution is -2.27. The molecule has 0 saturated heterocycles. The van der Waals surface area contributed by atoms with Crippen LogP contribution >= 0.6 is 0 Å². The maximum absolute atomic E-state index is 5.67. The average Bonchev–Trinajstić information content (AvgIpc) is 2.49. The first kappa shape index (κ1) is 23.2. The Morgan fingerprint density at radius 2 is 1.43 bits per heavy atom. The quantitative estimate of drug-likeness (QED) is 0.641. The molecule has 21 heavy (non-hydrogen) atoms. The van der Waals surface area contributed by atoms with Gasteiger partial charge < -0.3 is 5.73 Å². The molecule has 0 aromatic carbocycles. The summed E-state index contributed by atoms with van der Waals surface area (Å²) in [5, 5.41) is 0. The molecule has 0 aliphatic heterocycles. The van der Waals surface area contributed by atoms with E-state index in [1.807, 2.05) is 13.8 Å². The van der Waals surface area contributed by atoms with Crippen molar-refractivity contribution in [3.8, 4) is 0 Å². The predicted octanol–water partition coefficient (Wildman–Crippen LogP) is 6.37. The highest BCUT2D eigenvalue weighted by molar-refractivity contribution is 4.77. The van der Waals surface area contributed by atoms with Crippen molar-refractivity contribution in [1.29, 1.82) is 0 Å². The highest BCUT2D eigenvalue weighted by Gasteiger charge is 2.25. The SMILES string of the molecule is CC.CC(C)C(C)C(C)C.CCC1CC(CN)CCC1C. The molecule has 2 N–H and O–H groups in total. The number of nitrogens with two attached hydrogens (primary N) is 1. The van der Waals surface area contributed by atoms with E-state index in [9.17, 15) is 0 Å². The van der Waals surface area contributed by atoms with Crippen molar-refractivity contribution in [3.05, 3.63) is 0 Å². The van der Waals surface area contributed by atoms with Crippen LogP contribution in [0.1, 0.15) is 88.0 Å². The van der Waals surface area contributed by atoms with Crippen molar-refractivity contribution >= 4 is 0 Å². The van der Waals surface area contributed by atoms with Gasteiger partial charge in [0.15, 0.2) is 0 Å². The van der Waals surface area contributed by atoms with E-state index in [-0.39, 0.29) is 0 Å². The molecule has 1 heteroatoms. The molecule has 1 fully saturated rings. The van der Waals surface area contributed by atoms with Crippen molar-refractivity contribution in [3.63, 3.8) is 0 Å². The van der Waals surface area contributed by atoms with Crippen molar-refractivity contribution in [2.45, 2.75) is 88.0 Å². The second-order valence-electron chi connectivity index (χ2n) is 7.41. The van der Waals surface area contributed by atoms with Gasteiger partial charge in [-0.25, -0.2) is 0 Å². The summed E-state index contributed by atoms with van der Waals surface area (Å²) in [4.78, 5) is 0. The van der Waals surface area contributed by atoms with Crippen LogP contribution in [0.5, 0.6) is 0 Å². The minimum atomic E-state index is 0.830. The lowest BCUT2D eigenvalue weighted by molar-refractivity contribution is 0.192. The Morgan fingerprint density at radius 1 is 0.952 bits per heavy atom. The Bertz CT molecular complexity index is 202. The van der Waals surface area contributed by atoms with Crippen LogP contribution in [0, 0.1) is 35.5 Å². The molecule has 0 aromatic rings. The van der Waals surface area contributed by atoms with Crippen molar-refractivity contribution in [2.24, 2.45) is 41.2 Å². The molecule has 1 nitrogen and oxygen atoms in total. The second kappa shape index (κ2) is 13.6. The molecule has 3 atom stereocenters. The number of hydrogen-bond acceptors (Lipinski definition) is 1. The number of hydrogen-bond donors (Lipinski definition) is 1. The fourth-order valence-corrected chi connectivity index (χ4v) is 3.07. The molecule has 0 radical (unpaired) electrons. The largest absolute Gasteiger partial charge is 0.330 e. The van der Waals surface area contributed by atoms with Crippen LogP contribution < -0.4 is 5.73 Å². The van der Waals surface area contributed by atoms with Gasteiger partial charge >= 0.3 is 0 Å². The summed E-state index contributed by atoms with van der Waals surface area (Å²) in [5.74, 6) is 5.29. The highest BCUT2D eigenvalue weighted by Crippen LogP contribution is 2.34. The van der Waals surface area contributed by atoms with Crippen LogP contribution in [-0.4, -0.2) is 6.54 Å². The summed E-state index contributed by atoms with van der Waals surface area (Å²) in [5.41, 5.74) is 5.67. The van der Waals surface area contributed by atoms with E-state index < -0.39 is 0 Å². The fraction of sp³-hybridized carbons (Fsp3) is 1.00. The van der Waals surface area contributed by atoms with Gasteiger partial charge in [0.05, 0.1) is 0 Å². The molecule has 0 bridgehead atoms. The molecular formula is C20H45N. The van der Waals surface area contributed by atoms with Gasteiger partial charge in [-0.3, -0.25) is 0 Å². The highest BCUT2D eigenvalue weighted by atomic mass is 14.6. The van der Waals surface area contributed by atoms with Gasteiger partial charge in [-0.15, -0.1) is 0 Å². The summed E-state index contributed by atoms with van der Waals surface area (Å²) in [6, 6.07) is 0. The van der Waals surface area contributed by atoms with Crippen molar-refractivity contribution < 1.29 is 0 Å². The van der Waals surface area contributed by atoms with Gasteiger partial charge in [-0.05, 0) is 54.9 Å². The maximum Gasteiger partial charge on any atom is -0.00488 e. The van der Waals surface area contributed by atoms with Crippen LogP contribution in [0.15, 0.2) is 0 Å². The molecule has 0 spiro atoms. The minimum absolute atomic E-state index is 0.830. The van der Waals surface area contributed by atoms with Gasteiger partial charge in [0.25, 0.3) is 0 Å².